The smallest absolute Gasteiger partial charge is 0.257 e. The Morgan fingerprint density at radius 1 is 1.20 bits per heavy atom. The van der Waals surface area contributed by atoms with Gasteiger partial charge < -0.3 is 14.2 Å². The molecule has 0 N–H and O–H groups in total. The van der Waals surface area contributed by atoms with E-state index in [-0.39, 0.29) is 5.91 Å². The van der Waals surface area contributed by atoms with E-state index in [4.69, 9.17) is 9.26 Å². The van der Waals surface area contributed by atoms with E-state index in [2.05, 4.69) is 10.1 Å². The predicted molar refractivity (Wildman–Crippen MR) is 70.6 cm³/mol. The maximum Gasteiger partial charge on any atom is 0.257 e. The molecule has 6 heteroatoms. The summed E-state index contributed by atoms with van der Waals surface area (Å²) in [5, 5.41) is 3.93. The molecule has 1 aromatic heterocycles. The Balaban J connectivity index is 1.72. The van der Waals surface area contributed by atoms with E-state index in [1.165, 1.54) is 0 Å². The maximum absolute atomic E-state index is 11.9. The third-order valence-corrected chi connectivity index (χ3v) is 3.14. The third-order valence-electron chi connectivity index (χ3n) is 3.14. The van der Waals surface area contributed by atoms with Crippen LogP contribution in [0.3, 0.4) is 0 Å². The van der Waals surface area contributed by atoms with Gasteiger partial charge in [0.1, 0.15) is 0 Å². The largest absolute Gasteiger partial charge is 0.379 e. The molecule has 1 aromatic carbocycles. The molecule has 2 aromatic rings. The molecule has 104 valence electrons. The van der Waals surface area contributed by atoms with Gasteiger partial charge in [0.2, 0.25) is 5.91 Å². The second kappa shape index (κ2) is 5.83. The van der Waals surface area contributed by atoms with Crippen molar-refractivity contribution in [3.05, 3.63) is 36.2 Å². The zero-order valence-electron chi connectivity index (χ0n) is 11.0. The Morgan fingerprint density at radius 3 is 2.90 bits per heavy atom. The Hall–Kier alpha value is -2.21. The number of amides is 1. The summed E-state index contributed by atoms with van der Waals surface area (Å²) in [5.41, 5.74) is 0.872. The summed E-state index contributed by atoms with van der Waals surface area (Å²) in [5.74, 6) is 1.05. The van der Waals surface area contributed by atoms with Crippen LogP contribution in [0.5, 0.6) is 0 Å². The van der Waals surface area contributed by atoms with Crippen LogP contribution in [0.15, 0.2) is 34.9 Å². The van der Waals surface area contributed by atoms with E-state index in [0.717, 1.165) is 5.56 Å². The van der Waals surface area contributed by atoms with Crippen molar-refractivity contribution < 1.29 is 14.1 Å². The molecule has 6 nitrogen and oxygen atoms in total. The molecule has 0 aliphatic carbocycles. The molecule has 0 atom stereocenters. The summed E-state index contributed by atoms with van der Waals surface area (Å²) in [7, 11) is 0. The number of aromatic nitrogens is 2. The van der Waals surface area contributed by atoms with Crippen LogP contribution in [-0.2, 0) is 16.1 Å². The van der Waals surface area contributed by atoms with Gasteiger partial charge in [-0.2, -0.15) is 4.98 Å². The first-order valence-corrected chi connectivity index (χ1v) is 6.56. The number of nitrogens with zero attached hydrogens (tertiary/aromatic N) is 3. The summed E-state index contributed by atoms with van der Waals surface area (Å²) in [6, 6.07) is 9.56. The van der Waals surface area contributed by atoms with Crippen LogP contribution in [-0.4, -0.2) is 40.7 Å². The summed E-state index contributed by atoms with van der Waals surface area (Å²) >= 11 is 0. The van der Waals surface area contributed by atoms with Crippen molar-refractivity contribution >= 4 is 5.91 Å². The lowest BCUT2D eigenvalue weighted by atomic mass is 10.2. The zero-order valence-corrected chi connectivity index (χ0v) is 11.0. The standard InChI is InChI=1S/C14H15N3O3/c18-13-6-8-19-9-7-17(13)10-12-15-14(20-16-12)11-4-2-1-3-5-11/h1-5H,6-10H2. The number of ether oxygens (including phenoxy) is 1. The normalized spacial score (nSPS) is 16.2. The Bertz CT molecular complexity index is 582. The third kappa shape index (κ3) is 2.85. The Labute approximate surface area is 116 Å². The highest BCUT2D eigenvalue weighted by Crippen LogP contribution is 2.17. The van der Waals surface area contributed by atoms with Gasteiger partial charge in [-0.15, -0.1) is 0 Å². The summed E-state index contributed by atoms with van der Waals surface area (Å²) in [6.07, 6.45) is 0.406. The molecule has 1 fully saturated rings. The predicted octanol–water partition coefficient (Wildman–Crippen LogP) is 1.49. The van der Waals surface area contributed by atoms with Crippen molar-refractivity contribution in [2.24, 2.45) is 0 Å². The molecule has 1 aliphatic heterocycles. The highest BCUT2D eigenvalue weighted by molar-refractivity contribution is 5.76. The Morgan fingerprint density at radius 2 is 2.05 bits per heavy atom. The first kappa shape index (κ1) is 12.8. The first-order chi connectivity index (χ1) is 9.83. The first-order valence-electron chi connectivity index (χ1n) is 6.56. The van der Waals surface area contributed by atoms with Crippen LogP contribution in [0.4, 0.5) is 0 Å². The van der Waals surface area contributed by atoms with Gasteiger partial charge >= 0.3 is 0 Å². The van der Waals surface area contributed by atoms with Crippen molar-refractivity contribution in [1.29, 1.82) is 0 Å². The molecule has 20 heavy (non-hydrogen) atoms. The van der Waals surface area contributed by atoms with Gasteiger partial charge in [0, 0.05) is 12.1 Å². The summed E-state index contributed by atoms with van der Waals surface area (Å²) in [4.78, 5) is 17.9. The lowest BCUT2D eigenvalue weighted by Crippen LogP contribution is -2.31. The number of hydrogen-bond acceptors (Lipinski definition) is 5. The minimum absolute atomic E-state index is 0.0635. The quantitative estimate of drug-likeness (QED) is 0.847. The second-order valence-electron chi connectivity index (χ2n) is 4.56. The fourth-order valence-electron chi connectivity index (χ4n) is 2.07. The fraction of sp³-hybridized carbons (Fsp3) is 0.357. The molecule has 2 heterocycles. The van der Waals surface area contributed by atoms with Gasteiger partial charge in [-0.1, -0.05) is 23.4 Å². The van der Waals surface area contributed by atoms with Crippen molar-refractivity contribution in [3.8, 4) is 11.5 Å². The topological polar surface area (TPSA) is 68.5 Å². The fourth-order valence-corrected chi connectivity index (χ4v) is 2.07. The molecule has 0 unspecified atom stereocenters. The van der Waals surface area contributed by atoms with E-state index >= 15 is 0 Å². The SMILES string of the molecule is O=C1CCOCCN1Cc1noc(-c2ccccc2)n1. The molecule has 0 spiro atoms. The van der Waals surface area contributed by atoms with Gasteiger partial charge in [0.15, 0.2) is 5.82 Å². The van der Waals surface area contributed by atoms with Crippen molar-refractivity contribution in [2.45, 2.75) is 13.0 Å². The molecule has 1 aliphatic rings. The zero-order chi connectivity index (χ0) is 13.8. The molecule has 0 bridgehead atoms. The molecular formula is C14H15N3O3. The van der Waals surface area contributed by atoms with Crippen molar-refractivity contribution in [1.82, 2.24) is 15.0 Å². The van der Waals surface area contributed by atoms with Gasteiger partial charge in [-0.3, -0.25) is 4.79 Å². The van der Waals surface area contributed by atoms with Crippen LogP contribution in [0.1, 0.15) is 12.2 Å². The van der Waals surface area contributed by atoms with Crippen molar-refractivity contribution in [3.63, 3.8) is 0 Å². The molecule has 1 saturated heterocycles. The van der Waals surface area contributed by atoms with Gasteiger partial charge in [-0.05, 0) is 12.1 Å². The van der Waals surface area contributed by atoms with Crippen LogP contribution in [0, 0.1) is 0 Å². The Kier molecular flexibility index (Phi) is 3.73. The van der Waals surface area contributed by atoms with E-state index in [0.29, 0.717) is 44.4 Å². The number of hydrogen-bond donors (Lipinski definition) is 0. The summed E-state index contributed by atoms with van der Waals surface area (Å²) in [6.45, 7) is 1.96. The maximum atomic E-state index is 11.9. The molecule has 1 amide bonds. The van der Waals surface area contributed by atoms with E-state index in [1.807, 2.05) is 30.3 Å². The van der Waals surface area contributed by atoms with E-state index in [1.54, 1.807) is 4.90 Å². The molecule has 3 rings (SSSR count). The van der Waals surface area contributed by atoms with Gasteiger partial charge in [-0.25, -0.2) is 0 Å². The lowest BCUT2D eigenvalue weighted by Gasteiger charge is -2.17. The number of benzene rings is 1. The van der Waals surface area contributed by atoms with Gasteiger partial charge in [0.25, 0.3) is 5.89 Å². The van der Waals surface area contributed by atoms with Crippen molar-refractivity contribution in [2.75, 3.05) is 19.8 Å². The van der Waals surface area contributed by atoms with Crippen LogP contribution in [0.2, 0.25) is 0 Å². The van der Waals surface area contributed by atoms with E-state index < -0.39 is 0 Å². The monoisotopic (exact) mass is 273 g/mol. The average molecular weight is 273 g/mol. The molecule has 0 radical (unpaired) electrons. The number of rotatable bonds is 3. The highest BCUT2D eigenvalue weighted by atomic mass is 16.5. The van der Waals surface area contributed by atoms with Crippen LogP contribution >= 0.6 is 0 Å². The molecule has 0 saturated carbocycles. The molecular weight excluding hydrogens is 258 g/mol. The summed E-state index contributed by atoms with van der Waals surface area (Å²) < 4.78 is 10.5. The van der Waals surface area contributed by atoms with Crippen LogP contribution < -0.4 is 0 Å². The second-order valence-corrected chi connectivity index (χ2v) is 4.56. The van der Waals surface area contributed by atoms with Crippen LogP contribution in [0.25, 0.3) is 11.5 Å². The number of carbonyl (C=O) groups excluding carboxylic acids is 1. The minimum Gasteiger partial charge on any atom is -0.379 e. The minimum atomic E-state index is 0.0635. The number of carbonyl (C=O) groups is 1. The lowest BCUT2D eigenvalue weighted by molar-refractivity contribution is -0.131. The average Bonchev–Trinajstić information content (AvgIpc) is 2.86. The van der Waals surface area contributed by atoms with E-state index in [9.17, 15) is 4.79 Å². The van der Waals surface area contributed by atoms with Gasteiger partial charge in [0.05, 0.1) is 26.2 Å². The highest BCUT2D eigenvalue weighted by Gasteiger charge is 2.19.